The number of rotatable bonds is 5. The van der Waals surface area contributed by atoms with Crippen LogP contribution >= 0.6 is 0 Å². The monoisotopic (exact) mass is 416 g/mol. The maximum atomic E-state index is 13.8. The van der Waals surface area contributed by atoms with Crippen LogP contribution in [0.4, 0.5) is 18.9 Å². The van der Waals surface area contributed by atoms with Crippen molar-refractivity contribution >= 4 is 11.6 Å². The van der Waals surface area contributed by atoms with Crippen molar-refractivity contribution in [1.82, 2.24) is 15.0 Å². The van der Waals surface area contributed by atoms with E-state index in [9.17, 15) is 18.0 Å². The van der Waals surface area contributed by atoms with Crippen LogP contribution < -0.4 is 5.32 Å². The van der Waals surface area contributed by atoms with Gasteiger partial charge >= 0.3 is 0 Å². The lowest BCUT2D eigenvalue weighted by Gasteiger charge is -2.30. The molecule has 6 nitrogen and oxygen atoms in total. The van der Waals surface area contributed by atoms with Crippen molar-refractivity contribution in [1.29, 1.82) is 0 Å². The topological polar surface area (TPSA) is 71.3 Å². The van der Waals surface area contributed by atoms with E-state index in [4.69, 9.17) is 4.52 Å². The molecule has 2 aromatic carbocycles. The molecule has 0 radical (unpaired) electrons. The number of carbonyl (C=O) groups is 1. The number of likely N-dealkylation sites (tertiary alicyclic amines) is 1. The van der Waals surface area contributed by atoms with Gasteiger partial charge < -0.3 is 9.84 Å². The van der Waals surface area contributed by atoms with Crippen molar-refractivity contribution < 1.29 is 22.5 Å². The first-order chi connectivity index (χ1) is 14.5. The van der Waals surface area contributed by atoms with E-state index in [-0.39, 0.29) is 23.3 Å². The Morgan fingerprint density at radius 2 is 1.90 bits per heavy atom. The second-order valence-electron chi connectivity index (χ2n) is 7.21. The average Bonchev–Trinajstić information content (AvgIpc) is 3.19. The van der Waals surface area contributed by atoms with Crippen LogP contribution in [-0.4, -0.2) is 34.0 Å². The first-order valence-electron chi connectivity index (χ1n) is 9.55. The van der Waals surface area contributed by atoms with Gasteiger partial charge in [0.25, 0.3) is 0 Å². The Bertz CT molecular complexity index is 1040. The highest BCUT2D eigenvalue weighted by Gasteiger charge is 2.27. The molecule has 1 saturated heterocycles. The molecule has 1 aliphatic rings. The fourth-order valence-electron chi connectivity index (χ4n) is 3.47. The van der Waals surface area contributed by atoms with Crippen molar-refractivity contribution in [2.24, 2.45) is 5.92 Å². The third-order valence-corrected chi connectivity index (χ3v) is 4.99. The van der Waals surface area contributed by atoms with Gasteiger partial charge in [0.15, 0.2) is 0 Å². The molecule has 2 heterocycles. The minimum atomic E-state index is -0.810. The molecule has 3 aromatic rings. The van der Waals surface area contributed by atoms with Gasteiger partial charge in [-0.3, -0.25) is 9.69 Å². The lowest BCUT2D eigenvalue weighted by atomic mass is 9.97. The SMILES string of the molecule is O=C(Nc1ccc(F)cc1F)C1CCCN(Cc2nc(-c3ccc(F)cc3)no2)C1. The number of benzene rings is 2. The lowest BCUT2D eigenvalue weighted by Crippen LogP contribution is -2.40. The van der Waals surface area contributed by atoms with Gasteiger partial charge in [0.1, 0.15) is 17.5 Å². The van der Waals surface area contributed by atoms with Crippen LogP contribution in [0, 0.1) is 23.4 Å². The smallest absolute Gasteiger partial charge is 0.241 e. The average molecular weight is 416 g/mol. The number of amides is 1. The van der Waals surface area contributed by atoms with Crippen molar-refractivity contribution in [2.45, 2.75) is 19.4 Å². The summed E-state index contributed by atoms with van der Waals surface area (Å²) < 4.78 is 45.2. The summed E-state index contributed by atoms with van der Waals surface area (Å²) in [7, 11) is 0. The summed E-state index contributed by atoms with van der Waals surface area (Å²) >= 11 is 0. The quantitative estimate of drug-likeness (QED) is 0.681. The summed E-state index contributed by atoms with van der Waals surface area (Å²) in [6.45, 7) is 1.56. The van der Waals surface area contributed by atoms with Gasteiger partial charge in [-0.1, -0.05) is 5.16 Å². The van der Waals surface area contributed by atoms with E-state index in [2.05, 4.69) is 15.5 Å². The second kappa shape index (κ2) is 8.66. The molecule has 1 unspecified atom stereocenters. The number of anilines is 1. The van der Waals surface area contributed by atoms with Crippen molar-refractivity contribution in [3.05, 3.63) is 65.8 Å². The van der Waals surface area contributed by atoms with Gasteiger partial charge in [0, 0.05) is 18.2 Å². The Morgan fingerprint density at radius 1 is 1.13 bits per heavy atom. The molecule has 156 valence electrons. The molecule has 0 aliphatic carbocycles. The predicted octanol–water partition coefficient (Wildman–Crippen LogP) is 4.00. The van der Waals surface area contributed by atoms with Crippen LogP contribution in [0.1, 0.15) is 18.7 Å². The molecule has 0 bridgehead atoms. The number of halogens is 3. The standard InChI is InChI=1S/C21H19F3N4O2/c22-15-5-3-13(4-6-15)20-26-19(30-27-20)12-28-9-1-2-14(11-28)21(29)25-18-8-7-16(23)10-17(18)24/h3-8,10,14H,1-2,9,11-12H2,(H,25,29). The first kappa shape index (κ1) is 20.1. The number of hydrogen-bond donors (Lipinski definition) is 1. The first-order valence-corrected chi connectivity index (χ1v) is 9.55. The van der Waals surface area contributed by atoms with Gasteiger partial charge in [-0.05, 0) is 55.8 Å². The fourth-order valence-corrected chi connectivity index (χ4v) is 3.47. The molecule has 4 rings (SSSR count). The molecule has 1 aliphatic heterocycles. The predicted molar refractivity (Wildman–Crippen MR) is 103 cm³/mol. The zero-order valence-electron chi connectivity index (χ0n) is 15.9. The summed E-state index contributed by atoms with van der Waals surface area (Å²) in [6, 6.07) is 8.82. The highest BCUT2D eigenvalue weighted by molar-refractivity contribution is 5.92. The molecule has 1 aromatic heterocycles. The Kier molecular flexibility index (Phi) is 5.80. The molecule has 9 heteroatoms. The van der Waals surface area contributed by atoms with Crippen molar-refractivity contribution in [3.8, 4) is 11.4 Å². The molecule has 30 heavy (non-hydrogen) atoms. The number of hydrogen-bond acceptors (Lipinski definition) is 5. The third-order valence-electron chi connectivity index (χ3n) is 4.99. The van der Waals surface area contributed by atoms with Crippen LogP contribution in [0.15, 0.2) is 47.0 Å². The molecular formula is C21H19F3N4O2. The Labute approximate surface area is 170 Å². The highest BCUT2D eigenvalue weighted by atomic mass is 19.1. The van der Waals surface area contributed by atoms with E-state index in [1.165, 1.54) is 18.2 Å². The number of nitrogens with one attached hydrogen (secondary N) is 1. The second-order valence-corrected chi connectivity index (χ2v) is 7.21. The maximum absolute atomic E-state index is 13.8. The van der Waals surface area contributed by atoms with Crippen molar-refractivity contribution in [2.75, 3.05) is 18.4 Å². The normalized spacial score (nSPS) is 17.1. The summed E-state index contributed by atoms with van der Waals surface area (Å²) in [4.78, 5) is 18.9. The number of aromatic nitrogens is 2. The summed E-state index contributed by atoms with van der Waals surface area (Å²) in [6.07, 6.45) is 1.44. The molecular weight excluding hydrogens is 397 g/mol. The summed E-state index contributed by atoms with van der Waals surface area (Å²) in [5, 5.41) is 6.45. The van der Waals surface area contributed by atoms with Crippen molar-refractivity contribution in [3.63, 3.8) is 0 Å². The van der Waals surface area contributed by atoms with Gasteiger partial charge in [-0.2, -0.15) is 4.98 Å². The van der Waals surface area contributed by atoms with E-state index in [0.29, 0.717) is 36.8 Å². The van der Waals surface area contributed by atoms with Crippen LogP contribution in [0.2, 0.25) is 0 Å². The minimum absolute atomic E-state index is 0.0423. The molecule has 1 atom stereocenters. The van der Waals surface area contributed by atoms with E-state index in [0.717, 1.165) is 25.1 Å². The zero-order valence-corrected chi connectivity index (χ0v) is 15.9. The van der Waals surface area contributed by atoms with Crippen LogP contribution in [-0.2, 0) is 11.3 Å². The Hall–Kier alpha value is -3.20. The van der Waals surface area contributed by atoms with Gasteiger partial charge in [0.05, 0.1) is 18.2 Å². The van der Waals surface area contributed by atoms with Crippen LogP contribution in [0.3, 0.4) is 0 Å². The van der Waals surface area contributed by atoms with E-state index in [1.54, 1.807) is 12.1 Å². The zero-order chi connectivity index (χ0) is 21.1. The minimum Gasteiger partial charge on any atom is -0.338 e. The molecule has 1 amide bonds. The summed E-state index contributed by atoms with van der Waals surface area (Å²) in [5.41, 5.74) is 0.600. The molecule has 0 spiro atoms. The molecule has 1 fully saturated rings. The van der Waals surface area contributed by atoms with Crippen LogP contribution in [0.25, 0.3) is 11.4 Å². The highest BCUT2D eigenvalue weighted by Crippen LogP contribution is 2.23. The number of piperidine rings is 1. The summed E-state index contributed by atoms with van der Waals surface area (Å²) in [5.74, 6) is -1.77. The molecule has 1 N–H and O–H groups in total. The van der Waals surface area contributed by atoms with Crippen LogP contribution in [0.5, 0.6) is 0 Å². The lowest BCUT2D eigenvalue weighted by molar-refractivity contribution is -0.121. The van der Waals surface area contributed by atoms with Gasteiger partial charge in [-0.25, -0.2) is 13.2 Å². The Morgan fingerprint density at radius 3 is 2.67 bits per heavy atom. The Balaban J connectivity index is 1.37. The van der Waals surface area contributed by atoms with E-state index >= 15 is 0 Å². The number of carbonyl (C=O) groups excluding carboxylic acids is 1. The van der Waals surface area contributed by atoms with E-state index in [1.807, 2.05) is 4.90 Å². The van der Waals surface area contributed by atoms with Gasteiger partial charge in [-0.15, -0.1) is 0 Å². The van der Waals surface area contributed by atoms with Gasteiger partial charge in [0.2, 0.25) is 17.6 Å². The van der Waals surface area contributed by atoms with E-state index < -0.39 is 11.6 Å². The fraction of sp³-hybridized carbons (Fsp3) is 0.286. The third kappa shape index (κ3) is 4.68. The number of nitrogens with zero attached hydrogens (tertiary/aromatic N) is 3. The maximum Gasteiger partial charge on any atom is 0.241 e. The molecule has 0 saturated carbocycles. The largest absolute Gasteiger partial charge is 0.338 e.